The average molecular weight is 258 g/mol. The molecule has 2 aromatic carbocycles. The van der Waals surface area contributed by atoms with Gasteiger partial charge in [-0.3, -0.25) is 5.84 Å². The van der Waals surface area contributed by atoms with E-state index in [0.717, 1.165) is 11.1 Å². The molecule has 2 aromatic rings. The van der Waals surface area contributed by atoms with Crippen molar-refractivity contribution in [1.29, 1.82) is 0 Å². The van der Waals surface area contributed by atoms with Gasteiger partial charge in [0.2, 0.25) is 0 Å². The number of ether oxygens (including phenoxy) is 1. The van der Waals surface area contributed by atoms with Crippen LogP contribution in [-0.2, 0) is 18.0 Å². The van der Waals surface area contributed by atoms with Crippen molar-refractivity contribution < 1.29 is 9.13 Å². The molecule has 0 spiro atoms. The van der Waals surface area contributed by atoms with Gasteiger partial charge in [0.15, 0.2) is 0 Å². The number of hydrazine groups is 1. The summed E-state index contributed by atoms with van der Waals surface area (Å²) in [5, 5.41) is 0. The highest BCUT2D eigenvalue weighted by atomic mass is 19.1. The summed E-state index contributed by atoms with van der Waals surface area (Å²) in [6.07, 6.45) is 0. The summed E-state index contributed by atoms with van der Waals surface area (Å²) in [4.78, 5) is 0. The summed E-state index contributed by atoms with van der Waals surface area (Å²) in [6, 6.07) is 12.4. The van der Waals surface area contributed by atoms with E-state index in [1.807, 2.05) is 6.07 Å². The number of fused-ring (bicyclic) bond motifs is 1. The van der Waals surface area contributed by atoms with E-state index in [4.69, 9.17) is 10.6 Å². The second-order valence-electron chi connectivity index (χ2n) is 4.67. The smallest absolute Gasteiger partial charge is 0.123 e. The van der Waals surface area contributed by atoms with E-state index in [-0.39, 0.29) is 11.9 Å². The topological polar surface area (TPSA) is 47.3 Å². The zero-order valence-electron chi connectivity index (χ0n) is 10.4. The molecule has 0 fully saturated rings. The van der Waals surface area contributed by atoms with Crippen LogP contribution in [-0.4, -0.2) is 0 Å². The molecular weight excluding hydrogens is 243 g/mol. The van der Waals surface area contributed by atoms with Crippen molar-refractivity contribution in [2.75, 3.05) is 0 Å². The van der Waals surface area contributed by atoms with Gasteiger partial charge in [-0.1, -0.05) is 30.3 Å². The minimum Gasteiger partial charge on any atom is -0.372 e. The van der Waals surface area contributed by atoms with E-state index in [2.05, 4.69) is 17.6 Å². The maximum absolute atomic E-state index is 13.0. The van der Waals surface area contributed by atoms with Gasteiger partial charge in [-0.25, -0.2) is 9.82 Å². The first kappa shape index (κ1) is 12.3. The predicted molar refractivity (Wildman–Crippen MR) is 70.5 cm³/mol. The summed E-state index contributed by atoms with van der Waals surface area (Å²) >= 11 is 0. The molecule has 0 saturated heterocycles. The van der Waals surface area contributed by atoms with Crippen LogP contribution in [0.25, 0.3) is 0 Å². The highest BCUT2D eigenvalue weighted by Crippen LogP contribution is 2.27. The first-order valence-electron chi connectivity index (χ1n) is 6.19. The molecule has 0 bridgehead atoms. The van der Waals surface area contributed by atoms with Gasteiger partial charge in [0.25, 0.3) is 0 Å². The molecule has 1 aliphatic heterocycles. The van der Waals surface area contributed by atoms with Crippen LogP contribution in [0.4, 0.5) is 4.39 Å². The highest BCUT2D eigenvalue weighted by Gasteiger charge is 2.17. The molecule has 0 aliphatic carbocycles. The normalized spacial score (nSPS) is 15.3. The second-order valence-corrected chi connectivity index (χ2v) is 4.67. The summed E-state index contributed by atoms with van der Waals surface area (Å²) in [5.41, 5.74) is 7.18. The van der Waals surface area contributed by atoms with Crippen LogP contribution in [0, 0.1) is 5.82 Å². The molecule has 3 N–H and O–H groups in total. The van der Waals surface area contributed by atoms with Crippen molar-refractivity contribution in [2.45, 2.75) is 19.3 Å². The summed E-state index contributed by atoms with van der Waals surface area (Å²) in [6.45, 7) is 1.32. The summed E-state index contributed by atoms with van der Waals surface area (Å²) in [7, 11) is 0. The molecule has 0 saturated carbocycles. The van der Waals surface area contributed by atoms with Crippen molar-refractivity contribution in [3.05, 3.63) is 70.5 Å². The van der Waals surface area contributed by atoms with Gasteiger partial charge in [0, 0.05) is 0 Å². The Morgan fingerprint density at radius 3 is 2.42 bits per heavy atom. The van der Waals surface area contributed by atoms with Crippen LogP contribution in [0.1, 0.15) is 28.3 Å². The molecule has 1 atom stereocenters. The number of benzene rings is 2. The van der Waals surface area contributed by atoms with Crippen molar-refractivity contribution in [3.63, 3.8) is 0 Å². The fraction of sp³-hybridized carbons (Fsp3) is 0.200. The molecule has 3 nitrogen and oxygen atoms in total. The zero-order chi connectivity index (χ0) is 13.2. The first-order valence-corrected chi connectivity index (χ1v) is 6.19. The van der Waals surface area contributed by atoms with E-state index in [9.17, 15) is 4.39 Å². The Bertz CT molecular complexity index is 583. The molecule has 0 radical (unpaired) electrons. The lowest BCUT2D eigenvalue weighted by atomic mass is 9.96. The first-order chi connectivity index (χ1) is 9.28. The van der Waals surface area contributed by atoms with Gasteiger partial charge >= 0.3 is 0 Å². The molecular formula is C15H15FN2O. The molecule has 1 aliphatic rings. The Morgan fingerprint density at radius 2 is 1.68 bits per heavy atom. The Kier molecular flexibility index (Phi) is 3.29. The Morgan fingerprint density at radius 1 is 1.00 bits per heavy atom. The van der Waals surface area contributed by atoms with Crippen molar-refractivity contribution in [3.8, 4) is 0 Å². The number of nitrogens with two attached hydrogens (primary N) is 1. The van der Waals surface area contributed by atoms with Crippen LogP contribution < -0.4 is 11.3 Å². The van der Waals surface area contributed by atoms with E-state index in [1.54, 1.807) is 12.1 Å². The Hall–Kier alpha value is -1.75. The van der Waals surface area contributed by atoms with Gasteiger partial charge in [0.1, 0.15) is 5.82 Å². The molecule has 1 heterocycles. The summed E-state index contributed by atoms with van der Waals surface area (Å²) < 4.78 is 18.4. The van der Waals surface area contributed by atoms with E-state index in [1.165, 1.54) is 23.3 Å². The molecule has 0 aromatic heterocycles. The van der Waals surface area contributed by atoms with Crippen LogP contribution in [0.3, 0.4) is 0 Å². The van der Waals surface area contributed by atoms with Crippen molar-refractivity contribution in [2.24, 2.45) is 5.84 Å². The van der Waals surface area contributed by atoms with Crippen LogP contribution in [0.15, 0.2) is 42.5 Å². The van der Waals surface area contributed by atoms with E-state index < -0.39 is 0 Å². The number of nitrogens with one attached hydrogen (secondary N) is 1. The fourth-order valence-corrected chi connectivity index (χ4v) is 2.41. The third kappa shape index (κ3) is 2.38. The van der Waals surface area contributed by atoms with Gasteiger partial charge < -0.3 is 4.74 Å². The van der Waals surface area contributed by atoms with Crippen molar-refractivity contribution in [1.82, 2.24) is 5.43 Å². The molecule has 1 unspecified atom stereocenters. The van der Waals surface area contributed by atoms with Gasteiger partial charge in [-0.2, -0.15) is 0 Å². The minimum atomic E-state index is -0.248. The number of hydrogen-bond donors (Lipinski definition) is 2. The van der Waals surface area contributed by atoms with Crippen LogP contribution >= 0.6 is 0 Å². The third-order valence-electron chi connectivity index (χ3n) is 3.45. The lowest BCUT2D eigenvalue weighted by Crippen LogP contribution is -2.28. The molecule has 19 heavy (non-hydrogen) atoms. The van der Waals surface area contributed by atoms with Gasteiger partial charge in [-0.05, 0) is 34.4 Å². The second kappa shape index (κ2) is 5.09. The standard InChI is InChI=1S/C15H15FN2O/c16-14-5-3-10(4-6-14)15(18-17)11-1-2-12-8-19-9-13(12)7-11/h1-7,15,18H,8-9,17H2. The Balaban J connectivity index is 1.96. The Labute approximate surface area is 111 Å². The average Bonchev–Trinajstić information content (AvgIpc) is 2.89. The molecule has 98 valence electrons. The van der Waals surface area contributed by atoms with Gasteiger partial charge in [0.05, 0.1) is 19.3 Å². The third-order valence-corrected chi connectivity index (χ3v) is 3.45. The molecule has 4 heteroatoms. The minimum absolute atomic E-state index is 0.147. The molecule has 0 amide bonds. The maximum atomic E-state index is 13.0. The summed E-state index contributed by atoms with van der Waals surface area (Å²) in [5.74, 6) is 5.40. The maximum Gasteiger partial charge on any atom is 0.123 e. The number of rotatable bonds is 3. The monoisotopic (exact) mass is 258 g/mol. The van der Waals surface area contributed by atoms with Crippen LogP contribution in [0.2, 0.25) is 0 Å². The quantitative estimate of drug-likeness (QED) is 0.656. The van der Waals surface area contributed by atoms with E-state index in [0.29, 0.717) is 13.2 Å². The number of hydrogen-bond acceptors (Lipinski definition) is 3. The SMILES string of the molecule is NNC(c1ccc(F)cc1)c1ccc2c(c1)COC2. The fourth-order valence-electron chi connectivity index (χ4n) is 2.41. The van der Waals surface area contributed by atoms with E-state index >= 15 is 0 Å². The van der Waals surface area contributed by atoms with Crippen LogP contribution in [0.5, 0.6) is 0 Å². The highest BCUT2D eigenvalue weighted by molar-refractivity contribution is 5.38. The lowest BCUT2D eigenvalue weighted by molar-refractivity contribution is 0.134. The largest absolute Gasteiger partial charge is 0.372 e. The predicted octanol–water partition coefficient (Wildman–Crippen LogP) is 2.41. The lowest BCUT2D eigenvalue weighted by Gasteiger charge is -2.17. The number of halogens is 1. The zero-order valence-corrected chi connectivity index (χ0v) is 10.4. The molecule has 3 rings (SSSR count). The van der Waals surface area contributed by atoms with Crippen molar-refractivity contribution >= 4 is 0 Å². The van der Waals surface area contributed by atoms with Gasteiger partial charge in [-0.15, -0.1) is 0 Å².